The lowest BCUT2D eigenvalue weighted by Crippen LogP contribution is -2.13. The second kappa shape index (κ2) is 3.23. The molecule has 1 rings (SSSR count). The van der Waals surface area contributed by atoms with Crippen molar-refractivity contribution < 1.29 is 4.39 Å². The van der Waals surface area contributed by atoms with Crippen molar-refractivity contribution in [3.05, 3.63) is 33.5 Å². The quantitative estimate of drug-likeness (QED) is 0.564. The minimum Gasteiger partial charge on any atom is -0.384 e. The predicted molar refractivity (Wildman–Crippen MR) is 49.9 cm³/mol. The zero-order valence-electron chi connectivity index (χ0n) is 6.49. The van der Waals surface area contributed by atoms with Gasteiger partial charge in [-0.05, 0) is 24.6 Å². The van der Waals surface area contributed by atoms with Crippen molar-refractivity contribution in [2.24, 2.45) is 5.73 Å². The number of nitrogen functional groups attached to an aromatic ring is 1. The first-order valence-electron chi connectivity index (χ1n) is 3.32. The summed E-state index contributed by atoms with van der Waals surface area (Å²) in [5.74, 6) is -0.719. The number of amidine groups is 1. The molecule has 12 heavy (non-hydrogen) atoms. The zero-order valence-corrected chi connectivity index (χ0v) is 8.07. The smallest absolute Gasteiger partial charge is 0.135 e. The summed E-state index contributed by atoms with van der Waals surface area (Å²) in [5.41, 5.74) is 6.17. The van der Waals surface area contributed by atoms with E-state index >= 15 is 0 Å². The minimum absolute atomic E-state index is 0.149. The molecule has 3 N–H and O–H groups in total. The summed E-state index contributed by atoms with van der Waals surface area (Å²) in [4.78, 5) is 0. The third-order valence-corrected chi connectivity index (χ3v) is 2.39. The lowest BCUT2D eigenvalue weighted by atomic mass is 10.1. The lowest BCUT2D eigenvalue weighted by Gasteiger charge is -2.03. The summed E-state index contributed by atoms with van der Waals surface area (Å²) in [6.45, 7) is 1.82. The average molecular weight is 231 g/mol. The number of rotatable bonds is 1. The standard InChI is InChI=1S/C8H8BrFN2/c1-4-2-5(8(11)12)7(10)3-6(4)9/h2-3H,1H3,(H3,11,12). The van der Waals surface area contributed by atoms with Crippen molar-refractivity contribution in [1.82, 2.24) is 0 Å². The summed E-state index contributed by atoms with van der Waals surface area (Å²) in [6, 6.07) is 2.85. The Kier molecular flexibility index (Phi) is 2.47. The molecule has 0 aliphatic carbocycles. The highest BCUT2D eigenvalue weighted by Crippen LogP contribution is 2.19. The molecule has 0 bridgehead atoms. The van der Waals surface area contributed by atoms with Crippen LogP contribution in [0.2, 0.25) is 0 Å². The fourth-order valence-corrected chi connectivity index (χ4v) is 1.18. The third-order valence-electron chi connectivity index (χ3n) is 1.54. The molecule has 0 spiro atoms. The van der Waals surface area contributed by atoms with E-state index < -0.39 is 5.82 Å². The van der Waals surface area contributed by atoms with Crippen molar-refractivity contribution >= 4 is 21.8 Å². The van der Waals surface area contributed by atoms with E-state index in [1.165, 1.54) is 6.07 Å². The van der Waals surface area contributed by atoms with Gasteiger partial charge < -0.3 is 5.73 Å². The number of halogens is 2. The highest BCUT2D eigenvalue weighted by molar-refractivity contribution is 9.10. The molecule has 0 saturated heterocycles. The molecule has 0 fully saturated rings. The summed E-state index contributed by atoms with van der Waals surface area (Å²) in [5, 5.41) is 7.07. The molecule has 0 amide bonds. The van der Waals surface area contributed by atoms with E-state index in [1.807, 2.05) is 6.92 Å². The van der Waals surface area contributed by atoms with Crippen LogP contribution >= 0.6 is 15.9 Å². The molecule has 0 unspecified atom stereocenters. The molecule has 1 aromatic carbocycles. The van der Waals surface area contributed by atoms with Crippen molar-refractivity contribution in [3.63, 3.8) is 0 Å². The molecule has 0 saturated carbocycles. The molecule has 0 aromatic heterocycles. The van der Waals surface area contributed by atoms with Crippen LogP contribution in [0, 0.1) is 18.2 Å². The molecule has 0 aliphatic heterocycles. The van der Waals surface area contributed by atoms with E-state index in [2.05, 4.69) is 15.9 Å². The highest BCUT2D eigenvalue weighted by Gasteiger charge is 2.07. The Bertz CT molecular complexity index is 336. The SMILES string of the molecule is Cc1cc(C(=N)N)c(F)cc1Br. The van der Waals surface area contributed by atoms with E-state index in [4.69, 9.17) is 11.1 Å². The van der Waals surface area contributed by atoms with E-state index in [-0.39, 0.29) is 11.4 Å². The molecular formula is C8H8BrFN2. The largest absolute Gasteiger partial charge is 0.384 e. The van der Waals surface area contributed by atoms with Crippen LogP contribution in [0.3, 0.4) is 0 Å². The Morgan fingerprint density at radius 3 is 2.67 bits per heavy atom. The molecular weight excluding hydrogens is 223 g/mol. The first-order valence-corrected chi connectivity index (χ1v) is 4.11. The molecule has 1 aromatic rings. The Balaban J connectivity index is 3.33. The second-order valence-electron chi connectivity index (χ2n) is 2.49. The molecule has 4 heteroatoms. The van der Waals surface area contributed by atoms with E-state index in [1.54, 1.807) is 6.07 Å². The maximum atomic E-state index is 13.0. The van der Waals surface area contributed by atoms with Crippen LogP contribution in [0.4, 0.5) is 4.39 Å². The van der Waals surface area contributed by atoms with Crippen LogP contribution in [-0.2, 0) is 0 Å². The minimum atomic E-state index is -0.472. The topological polar surface area (TPSA) is 49.9 Å². The first kappa shape index (κ1) is 9.19. The second-order valence-corrected chi connectivity index (χ2v) is 3.35. The normalized spacial score (nSPS) is 9.92. The number of nitrogens with two attached hydrogens (primary N) is 1. The first-order chi connectivity index (χ1) is 5.52. The maximum absolute atomic E-state index is 13.0. The van der Waals surface area contributed by atoms with Crippen LogP contribution in [0.15, 0.2) is 16.6 Å². The Morgan fingerprint density at radius 2 is 2.17 bits per heavy atom. The summed E-state index contributed by atoms with van der Waals surface area (Å²) in [7, 11) is 0. The molecule has 64 valence electrons. The van der Waals surface area contributed by atoms with Crippen molar-refractivity contribution in [1.29, 1.82) is 5.41 Å². The van der Waals surface area contributed by atoms with Gasteiger partial charge in [0.1, 0.15) is 11.7 Å². The predicted octanol–water partition coefficient (Wildman–Crippen LogP) is 2.18. The zero-order chi connectivity index (χ0) is 9.30. The van der Waals surface area contributed by atoms with Gasteiger partial charge in [-0.25, -0.2) is 4.39 Å². The maximum Gasteiger partial charge on any atom is 0.135 e. The fourth-order valence-electron chi connectivity index (χ4n) is 0.864. The van der Waals surface area contributed by atoms with Gasteiger partial charge in [0.05, 0.1) is 5.56 Å². The van der Waals surface area contributed by atoms with Crippen molar-refractivity contribution in [3.8, 4) is 0 Å². The van der Waals surface area contributed by atoms with E-state index in [9.17, 15) is 4.39 Å². The molecule has 0 atom stereocenters. The van der Waals surface area contributed by atoms with Crippen LogP contribution < -0.4 is 5.73 Å². The van der Waals surface area contributed by atoms with E-state index in [0.29, 0.717) is 4.47 Å². The molecule has 2 nitrogen and oxygen atoms in total. The van der Waals surface area contributed by atoms with Gasteiger partial charge in [0.25, 0.3) is 0 Å². The lowest BCUT2D eigenvalue weighted by molar-refractivity contribution is 0.623. The fraction of sp³-hybridized carbons (Fsp3) is 0.125. The van der Waals surface area contributed by atoms with Gasteiger partial charge in [-0.3, -0.25) is 5.41 Å². The molecule has 0 radical (unpaired) electrons. The van der Waals surface area contributed by atoms with Crippen LogP contribution in [0.25, 0.3) is 0 Å². The Hall–Kier alpha value is -0.900. The van der Waals surface area contributed by atoms with E-state index in [0.717, 1.165) is 5.56 Å². The van der Waals surface area contributed by atoms with Gasteiger partial charge in [-0.1, -0.05) is 15.9 Å². The Labute approximate surface area is 78.2 Å². The third kappa shape index (κ3) is 1.64. The summed E-state index contributed by atoms with van der Waals surface area (Å²) >= 11 is 3.18. The summed E-state index contributed by atoms with van der Waals surface area (Å²) < 4.78 is 13.7. The van der Waals surface area contributed by atoms with Gasteiger partial charge in [0.2, 0.25) is 0 Å². The molecule has 0 aliphatic rings. The average Bonchev–Trinajstić information content (AvgIpc) is 1.96. The van der Waals surface area contributed by atoms with Gasteiger partial charge >= 0.3 is 0 Å². The van der Waals surface area contributed by atoms with Crippen molar-refractivity contribution in [2.45, 2.75) is 6.92 Å². The van der Waals surface area contributed by atoms with Crippen LogP contribution in [0.1, 0.15) is 11.1 Å². The highest BCUT2D eigenvalue weighted by atomic mass is 79.9. The van der Waals surface area contributed by atoms with Crippen LogP contribution in [-0.4, -0.2) is 5.84 Å². The number of aryl methyl sites for hydroxylation is 1. The molecule has 0 heterocycles. The van der Waals surface area contributed by atoms with Gasteiger partial charge in [-0.15, -0.1) is 0 Å². The Morgan fingerprint density at radius 1 is 1.58 bits per heavy atom. The van der Waals surface area contributed by atoms with Crippen LogP contribution in [0.5, 0.6) is 0 Å². The summed E-state index contributed by atoms with van der Waals surface area (Å²) in [6.07, 6.45) is 0. The monoisotopic (exact) mass is 230 g/mol. The van der Waals surface area contributed by atoms with Gasteiger partial charge in [0.15, 0.2) is 0 Å². The number of benzene rings is 1. The number of nitrogens with one attached hydrogen (secondary N) is 1. The van der Waals surface area contributed by atoms with Gasteiger partial charge in [-0.2, -0.15) is 0 Å². The number of hydrogen-bond acceptors (Lipinski definition) is 1. The van der Waals surface area contributed by atoms with Crippen molar-refractivity contribution in [2.75, 3.05) is 0 Å². The number of hydrogen-bond donors (Lipinski definition) is 2. The van der Waals surface area contributed by atoms with Gasteiger partial charge in [0, 0.05) is 4.47 Å².